The van der Waals surface area contributed by atoms with Crippen LogP contribution in [0.5, 0.6) is 5.75 Å². The van der Waals surface area contributed by atoms with E-state index in [1.54, 1.807) is 12.1 Å². The van der Waals surface area contributed by atoms with E-state index < -0.39 is 47.9 Å². The van der Waals surface area contributed by atoms with Gasteiger partial charge in [0.05, 0.1) is 6.04 Å². The Morgan fingerprint density at radius 2 is 1.39 bits per heavy atom. The first-order valence-electron chi connectivity index (χ1n) is 10.4. The largest absolute Gasteiger partial charge is 0.508 e. The number of carbonyl (C=O) groups excluding carboxylic acids is 3. The number of phenols is 1. The van der Waals surface area contributed by atoms with Crippen molar-refractivity contribution in [2.75, 3.05) is 11.5 Å². The molecule has 33 heavy (non-hydrogen) atoms. The lowest BCUT2D eigenvalue weighted by atomic mass is 10.0. The molecule has 0 fully saturated rings. The lowest BCUT2D eigenvalue weighted by Gasteiger charge is -2.25. The first-order valence-corrected chi connectivity index (χ1v) is 11.6. The monoisotopic (exact) mass is 500 g/mol. The molecule has 0 saturated heterocycles. The third-order valence-electron chi connectivity index (χ3n) is 4.68. The van der Waals surface area contributed by atoms with Gasteiger partial charge in [-0.25, -0.2) is 4.79 Å². The van der Waals surface area contributed by atoms with Crippen molar-refractivity contribution in [3.05, 3.63) is 29.8 Å². The zero-order chi connectivity index (χ0) is 25.1. The van der Waals surface area contributed by atoms with Crippen molar-refractivity contribution < 1.29 is 29.4 Å². The summed E-state index contributed by atoms with van der Waals surface area (Å²) < 4.78 is 0. The summed E-state index contributed by atoms with van der Waals surface area (Å²) in [6.45, 7) is 3.74. The molecular formula is C21H32N4O6S2. The fourth-order valence-corrected chi connectivity index (χ4v) is 3.29. The van der Waals surface area contributed by atoms with E-state index in [4.69, 9.17) is 5.73 Å². The van der Waals surface area contributed by atoms with Crippen molar-refractivity contribution >= 4 is 48.9 Å². The molecule has 1 rings (SSSR count). The lowest BCUT2D eigenvalue weighted by molar-refractivity contribution is -0.142. The number of nitrogens with one attached hydrogen (secondary N) is 3. The predicted molar refractivity (Wildman–Crippen MR) is 130 cm³/mol. The molecule has 3 amide bonds. The fourth-order valence-electron chi connectivity index (χ4n) is 2.87. The minimum Gasteiger partial charge on any atom is -0.508 e. The van der Waals surface area contributed by atoms with Gasteiger partial charge in [-0.15, -0.1) is 0 Å². The fraction of sp³-hybridized carbons (Fsp3) is 0.524. The summed E-state index contributed by atoms with van der Waals surface area (Å²) in [6, 6.07) is 1.69. The summed E-state index contributed by atoms with van der Waals surface area (Å²) in [5.41, 5.74) is 6.25. The second kappa shape index (κ2) is 14.0. The number of hydrogen-bond acceptors (Lipinski definition) is 8. The lowest BCUT2D eigenvalue weighted by Crippen LogP contribution is -2.58. The average molecular weight is 501 g/mol. The second-order valence-corrected chi connectivity index (χ2v) is 8.72. The highest BCUT2D eigenvalue weighted by Crippen LogP contribution is 2.12. The molecular weight excluding hydrogens is 468 g/mol. The number of carbonyl (C=O) groups is 4. The van der Waals surface area contributed by atoms with Gasteiger partial charge in [-0.1, -0.05) is 26.0 Å². The van der Waals surface area contributed by atoms with Gasteiger partial charge in [-0.05, 0) is 30.0 Å². The first-order chi connectivity index (χ1) is 15.5. The number of carboxylic acid groups (broad SMARTS) is 1. The molecule has 0 aliphatic carbocycles. The van der Waals surface area contributed by atoms with E-state index in [-0.39, 0.29) is 29.6 Å². The SMILES string of the molecule is CC(C)CC(NC(=O)C(N)CS)C(=O)NC(CS)C(=O)NC(Cc1ccc(O)cc1)C(=O)O. The number of carboxylic acids is 1. The molecule has 0 heterocycles. The van der Waals surface area contributed by atoms with E-state index in [1.165, 1.54) is 12.1 Å². The number of thiol groups is 2. The van der Waals surface area contributed by atoms with Gasteiger partial charge in [0.25, 0.3) is 0 Å². The molecule has 7 N–H and O–H groups in total. The number of nitrogens with two attached hydrogens (primary N) is 1. The van der Waals surface area contributed by atoms with Gasteiger partial charge >= 0.3 is 5.97 Å². The van der Waals surface area contributed by atoms with Gasteiger partial charge in [-0.2, -0.15) is 25.3 Å². The van der Waals surface area contributed by atoms with Crippen molar-refractivity contribution in [1.82, 2.24) is 16.0 Å². The molecule has 4 unspecified atom stereocenters. The Balaban J connectivity index is 2.87. The summed E-state index contributed by atoms with van der Waals surface area (Å²) in [6.07, 6.45) is 0.276. The molecule has 0 aliphatic rings. The maximum absolute atomic E-state index is 12.8. The zero-order valence-electron chi connectivity index (χ0n) is 18.5. The molecule has 0 spiro atoms. The number of aliphatic carboxylic acids is 1. The van der Waals surface area contributed by atoms with Crippen LogP contribution in [0.3, 0.4) is 0 Å². The van der Waals surface area contributed by atoms with Crippen LogP contribution in [0, 0.1) is 5.92 Å². The normalized spacial score (nSPS) is 14.6. The van der Waals surface area contributed by atoms with Gasteiger partial charge in [0, 0.05) is 17.9 Å². The van der Waals surface area contributed by atoms with Gasteiger partial charge in [0.1, 0.15) is 23.9 Å². The number of aromatic hydroxyl groups is 1. The molecule has 184 valence electrons. The summed E-state index contributed by atoms with van der Waals surface area (Å²) in [5, 5.41) is 26.4. The number of amides is 3. The van der Waals surface area contributed by atoms with Crippen LogP contribution in [0.4, 0.5) is 0 Å². The minimum atomic E-state index is -1.26. The Labute approximate surface area is 203 Å². The van der Waals surface area contributed by atoms with Crippen LogP contribution in [-0.4, -0.2) is 69.6 Å². The first kappa shape index (κ1) is 28.6. The van der Waals surface area contributed by atoms with Crippen molar-refractivity contribution in [3.63, 3.8) is 0 Å². The third-order valence-corrected chi connectivity index (χ3v) is 5.44. The zero-order valence-corrected chi connectivity index (χ0v) is 20.3. The van der Waals surface area contributed by atoms with Gasteiger partial charge in [0.15, 0.2) is 0 Å². The standard InChI is InChI=1S/C21H32N4O6S2/c1-11(2)7-15(23-18(27)14(22)9-32)19(28)25-17(10-33)20(29)24-16(21(30)31)8-12-3-5-13(26)6-4-12/h3-6,11,14-17,26,32-33H,7-10,22H2,1-2H3,(H,23,27)(H,24,29)(H,25,28)(H,30,31). The molecule has 0 aliphatic heterocycles. The van der Waals surface area contributed by atoms with E-state index in [0.717, 1.165) is 0 Å². The van der Waals surface area contributed by atoms with Crippen molar-refractivity contribution in [2.24, 2.45) is 11.7 Å². The highest BCUT2D eigenvalue weighted by atomic mass is 32.1. The molecule has 0 bridgehead atoms. The summed E-state index contributed by atoms with van der Waals surface area (Å²) in [7, 11) is 0. The van der Waals surface area contributed by atoms with E-state index >= 15 is 0 Å². The van der Waals surface area contributed by atoms with E-state index in [2.05, 4.69) is 41.2 Å². The van der Waals surface area contributed by atoms with Crippen LogP contribution >= 0.6 is 25.3 Å². The quantitative estimate of drug-likeness (QED) is 0.172. The predicted octanol–water partition coefficient (Wildman–Crippen LogP) is -0.293. The topological polar surface area (TPSA) is 171 Å². The summed E-state index contributed by atoms with van der Waals surface area (Å²) in [5.74, 6) is -3.05. The van der Waals surface area contributed by atoms with E-state index in [0.29, 0.717) is 12.0 Å². The van der Waals surface area contributed by atoms with E-state index in [9.17, 15) is 29.4 Å². The molecule has 1 aromatic rings. The maximum atomic E-state index is 12.8. The highest BCUT2D eigenvalue weighted by Gasteiger charge is 2.30. The summed E-state index contributed by atoms with van der Waals surface area (Å²) in [4.78, 5) is 49.3. The van der Waals surface area contributed by atoms with Crippen LogP contribution in [0.15, 0.2) is 24.3 Å². The molecule has 12 heteroatoms. The minimum absolute atomic E-state index is 0.0256. The Morgan fingerprint density at radius 3 is 1.88 bits per heavy atom. The van der Waals surface area contributed by atoms with Crippen molar-refractivity contribution in [2.45, 2.75) is 50.9 Å². The Morgan fingerprint density at radius 1 is 0.879 bits per heavy atom. The molecule has 4 atom stereocenters. The average Bonchev–Trinajstić information content (AvgIpc) is 2.76. The third kappa shape index (κ3) is 9.93. The van der Waals surface area contributed by atoms with Crippen LogP contribution < -0.4 is 21.7 Å². The Kier molecular flexibility index (Phi) is 12.1. The number of hydrogen-bond donors (Lipinski definition) is 8. The molecule has 0 saturated carbocycles. The highest BCUT2D eigenvalue weighted by molar-refractivity contribution is 7.80. The van der Waals surface area contributed by atoms with Gasteiger partial charge in [-0.3, -0.25) is 14.4 Å². The van der Waals surface area contributed by atoms with Crippen LogP contribution in [0.25, 0.3) is 0 Å². The molecule has 0 radical (unpaired) electrons. The number of phenolic OH excluding ortho intramolecular Hbond substituents is 1. The molecule has 10 nitrogen and oxygen atoms in total. The van der Waals surface area contributed by atoms with E-state index in [1.807, 2.05) is 13.8 Å². The van der Waals surface area contributed by atoms with Crippen LogP contribution in [-0.2, 0) is 25.6 Å². The van der Waals surface area contributed by atoms with Crippen molar-refractivity contribution in [1.29, 1.82) is 0 Å². The smallest absolute Gasteiger partial charge is 0.326 e. The molecule has 1 aromatic carbocycles. The van der Waals surface area contributed by atoms with Crippen LogP contribution in [0.2, 0.25) is 0 Å². The van der Waals surface area contributed by atoms with Crippen molar-refractivity contribution in [3.8, 4) is 5.75 Å². The second-order valence-electron chi connectivity index (χ2n) is 7.99. The number of rotatable bonds is 13. The molecule has 0 aromatic heterocycles. The van der Waals surface area contributed by atoms with Gasteiger partial charge < -0.3 is 31.9 Å². The Bertz CT molecular complexity index is 821. The van der Waals surface area contributed by atoms with Gasteiger partial charge in [0.2, 0.25) is 17.7 Å². The number of benzene rings is 1. The maximum Gasteiger partial charge on any atom is 0.326 e. The Hall–Kier alpha value is -2.44. The van der Waals surface area contributed by atoms with Crippen LogP contribution in [0.1, 0.15) is 25.8 Å². The summed E-state index contributed by atoms with van der Waals surface area (Å²) >= 11 is 8.08.